The molecule has 1 atom stereocenters. The van der Waals surface area contributed by atoms with Crippen molar-refractivity contribution in [3.05, 3.63) is 77.9 Å². The Morgan fingerprint density at radius 3 is 2.31 bits per heavy atom. The van der Waals surface area contributed by atoms with Gasteiger partial charge < -0.3 is 25.8 Å². The molecule has 3 aromatic carbocycles. The van der Waals surface area contributed by atoms with Gasteiger partial charge in [-0.15, -0.1) is 10.2 Å². The lowest BCUT2D eigenvalue weighted by molar-refractivity contribution is -0.130. The van der Waals surface area contributed by atoms with E-state index in [4.69, 9.17) is 9.84 Å². The normalized spacial score (nSPS) is 18.6. The Bertz CT molecular complexity index is 1960. The van der Waals surface area contributed by atoms with Crippen molar-refractivity contribution >= 4 is 33.6 Å². The molecule has 2 fully saturated rings. The van der Waals surface area contributed by atoms with Crippen molar-refractivity contribution in [2.24, 2.45) is 11.8 Å². The zero-order chi connectivity index (χ0) is 36.7. The first-order valence-electron chi connectivity index (χ1n) is 17.3. The van der Waals surface area contributed by atoms with E-state index in [2.05, 4.69) is 36.6 Å². The van der Waals surface area contributed by atoms with Crippen LogP contribution in [0.4, 0.5) is 10.5 Å². The highest BCUT2D eigenvalue weighted by Crippen LogP contribution is 2.30. The number of carboxylic acid groups (broad SMARTS) is 1. The maximum atomic E-state index is 13.7. The number of H-pyrrole nitrogens is 1. The highest BCUT2D eigenvalue weighted by Gasteiger charge is 2.30. The number of sulfonamides is 1. The summed E-state index contributed by atoms with van der Waals surface area (Å²) in [6.45, 7) is 3.62. The molecule has 2 heterocycles. The standard InChI is InChI=1S/C36H42N8O7S/c1-23-2-15-30(52(49,50)44-16-18-51-19-17-44)21-31(23)26-7-3-24(4-8-26)20-32(39-34(45)28-9-5-25(6-10-28)22-37-36(47)48)35(46)38-29-13-11-27(12-14-29)33-40-42-43-41-33/h2-4,7-8,11-15,21,25,28,32,37H,5-6,9-10,16-20,22H2,1H3,(H,38,46)(H,39,45)(H,47,48)(H,40,41,42,43)/t25?,28?,32-/m0/s1. The smallest absolute Gasteiger partial charge is 0.404 e. The highest BCUT2D eigenvalue weighted by molar-refractivity contribution is 7.89. The average molecular weight is 731 g/mol. The Labute approximate surface area is 301 Å². The number of ether oxygens (including phenoxy) is 1. The summed E-state index contributed by atoms with van der Waals surface area (Å²) in [4.78, 5) is 38.4. The fourth-order valence-electron chi connectivity index (χ4n) is 6.64. The Morgan fingerprint density at radius 1 is 0.962 bits per heavy atom. The first-order chi connectivity index (χ1) is 25.1. The van der Waals surface area contributed by atoms with Crippen LogP contribution in [0.3, 0.4) is 0 Å². The molecule has 0 bridgehead atoms. The molecule has 0 radical (unpaired) electrons. The molecule has 5 N–H and O–H groups in total. The number of hydrogen-bond acceptors (Lipinski definition) is 9. The molecule has 1 aliphatic carbocycles. The van der Waals surface area contributed by atoms with E-state index in [0.29, 0.717) is 75.6 Å². The molecule has 2 aliphatic rings. The van der Waals surface area contributed by atoms with Crippen molar-refractivity contribution < 1.29 is 32.6 Å². The summed E-state index contributed by atoms with van der Waals surface area (Å²) in [6, 6.07) is 18.7. The molecule has 0 spiro atoms. The highest BCUT2D eigenvalue weighted by atomic mass is 32.2. The van der Waals surface area contributed by atoms with Gasteiger partial charge in [0.15, 0.2) is 0 Å². The molecule has 6 rings (SSSR count). The van der Waals surface area contributed by atoms with Gasteiger partial charge in [-0.25, -0.2) is 13.2 Å². The van der Waals surface area contributed by atoms with E-state index >= 15 is 0 Å². The zero-order valence-corrected chi connectivity index (χ0v) is 29.6. The van der Waals surface area contributed by atoms with Gasteiger partial charge in [-0.3, -0.25) is 9.59 Å². The number of nitrogens with one attached hydrogen (secondary N) is 4. The second kappa shape index (κ2) is 16.4. The number of tetrazole rings is 1. The molecule has 4 aromatic rings. The molecular formula is C36H42N8O7S. The summed E-state index contributed by atoms with van der Waals surface area (Å²) in [7, 11) is -3.68. The molecule has 52 heavy (non-hydrogen) atoms. The lowest BCUT2D eigenvalue weighted by atomic mass is 9.81. The van der Waals surface area contributed by atoms with Crippen molar-refractivity contribution in [3.8, 4) is 22.5 Å². The molecule has 3 amide bonds. The Hall–Kier alpha value is -5.19. The topological polar surface area (TPSA) is 209 Å². The van der Waals surface area contributed by atoms with E-state index in [1.165, 1.54) is 4.31 Å². The number of rotatable bonds is 12. The van der Waals surface area contributed by atoms with Crippen LogP contribution in [0, 0.1) is 18.8 Å². The Kier molecular flexibility index (Phi) is 11.6. The maximum Gasteiger partial charge on any atom is 0.404 e. The van der Waals surface area contributed by atoms with Gasteiger partial charge in [0.25, 0.3) is 0 Å². The fourth-order valence-corrected chi connectivity index (χ4v) is 8.07. The Morgan fingerprint density at radius 2 is 1.65 bits per heavy atom. The van der Waals surface area contributed by atoms with Crippen LogP contribution in [0.5, 0.6) is 0 Å². The summed E-state index contributed by atoms with van der Waals surface area (Å²) in [5.74, 6) is -0.321. The second-order valence-electron chi connectivity index (χ2n) is 13.2. The van der Waals surface area contributed by atoms with E-state index in [0.717, 1.165) is 22.3 Å². The van der Waals surface area contributed by atoms with Gasteiger partial charge in [-0.2, -0.15) is 9.52 Å². The second-order valence-corrected chi connectivity index (χ2v) is 15.1. The first-order valence-corrected chi connectivity index (χ1v) is 18.7. The van der Waals surface area contributed by atoms with Crippen LogP contribution in [0.1, 0.15) is 36.8 Å². The number of carbonyl (C=O) groups excluding carboxylic acids is 2. The molecule has 1 saturated carbocycles. The number of morpholine rings is 1. The average Bonchev–Trinajstić information content (AvgIpc) is 3.70. The van der Waals surface area contributed by atoms with Crippen LogP contribution in [-0.2, 0) is 30.8 Å². The van der Waals surface area contributed by atoms with Crippen molar-refractivity contribution in [1.29, 1.82) is 0 Å². The number of amides is 3. The zero-order valence-electron chi connectivity index (χ0n) is 28.7. The van der Waals surface area contributed by atoms with E-state index < -0.39 is 22.2 Å². The van der Waals surface area contributed by atoms with Gasteiger partial charge in [0.05, 0.1) is 18.1 Å². The van der Waals surface area contributed by atoms with E-state index in [9.17, 15) is 22.8 Å². The third-order valence-electron chi connectivity index (χ3n) is 9.67. The van der Waals surface area contributed by atoms with Crippen LogP contribution < -0.4 is 16.0 Å². The predicted octanol–water partition coefficient (Wildman–Crippen LogP) is 3.60. The third-order valence-corrected chi connectivity index (χ3v) is 11.6. The number of aryl methyl sites for hydroxylation is 1. The largest absolute Gasteiger partial charge is 0.465 e. The molecule has 1 saturated heterocycles. The van der Waals surface area contributed by atoms with Crippen LogP contribution in [0.15, 0.2) is 71.6 Å². The fraction of sp³-hybridized carbons (Fsp3) is 0.389. The minimum atomic E-state index is -3.68. The molecular weight excluding hydrogens is 689 g/mol. The number of hydrogen-bond donors (Lipinski definition) is 5. The minimum Gasteiger partial charge on any atom is -0.465 e. The summed E-state index contributed by atoms with van der Waals surface area (Å²) in [6.07, 6.45) is 1.75. The van der Waals surface area contributed by atoms with Crippen molar-refractivity contribution in [1.82, 2.24) is 35.6 Å². The van der Waals surface area contributed by atoms with Crippen LogP contribution in [0.25, 0.3) is 22.5 Å². The molecule has 1 aromatic heterocycles. The third kappa shape index (κ3) is 8.99. The quantitative estimate of drug-likeness (QED) is 0.143. The van der Waals surface area contributed by atoms with E-state index in [1.807, 2.05) is 31.2 Å². The molecule has 0 unspecified atom stereocenters. The monoisotopic (exact) mass is 730 g/mol. The summed E-state index contributed by atoms with van der Waals surface area (Å²) >= 11 is 0. The van der Waals surface area contributed by atoms with Crippen LogP contribution >= 0.6 is 0 Å². The number of nitrogens with zero attached hydrogens (tertiary/aromatic N) is 4. The lowest BCUT2D eigenvalue weighted by Gasteiger charge is -2.29. The number of anilines is 1. The van der Waals surface area contributed by atoms with Crippen LogP contribution in [0.2, 0.25) is 0 Å². The number of benzene rings is 3. The van der Waals surface area contributed by atoms with Gasteiger partial charge in [0, 0.05) is 43.2 Å². The van der Waals surface area contributed by atoms with Gasteiger partial charge in [-0.1, -0.05) is 30.3 Å². The Balaban J connectivity index is 1.17. The van der Waals surface area contributed by atoms with Gasteiger partial charge >= 0.3 is 6.09 Å². The maximum absolute atomic E-state index is 13.7. The number of carbonyl (C=O) groups is 3. The van der Waals surface area contributed by atoms with Crippen molar-refractivity contribution in [2.45, 2.75) is 50.0 Å². The van der Waals surface area contributed by atoms with Gasteiger partial charge in [0.1, 0.15) is 6.04 Å². The van der Waals surface area contributed by atoms with Gasteiger partial charge in [-0.05, 0) is 102 Å². The molecule has 15 nitrogen and oxygen atoms in total. The molecule has 16 heteroatoms. The summed E-state index contributed by atoms with van der Waals surface area (Å²) < 4.78 is 33.5. The van der Waals surface area contributed by atoms with E-state index in [-0.39, 0.29) is 35.0 Å². The minimum absolute atomic E-state index is 0.164. The van der Waals surface area contributed by atoms with Crippen molar-refractivity contribution in [2.75, 3.05) is 38.2 Å². The van der Waals surface area contributed by atoms with Gasteiger partial charge in [0.2, 0.25) is 27.7 Å². The number of aromatic nitrogens is 4. The lowest BCUT2D eigenvalue weighted by Crippen LogP contribution is -2.48. The molecule has 1 aliphatic heterocycles. The molecule has 274 valence electrons. The summed E-state index contributed by atoms with van der Waals surface area (Å²) in [5, 5.41) is 31.2. The first kappa shape index (κ1) is 36.6. The van der Waals surface area contributed by atoms with Crippen molar-refractivity contribution in [3.63, 3.8) is 0 Å². The summed E-state index contributed by atoms with van der Waals surface area (Å²) in [5.41, 5.74) is 4.56. The van der Waals surface area contributed by atoms with E-state index in [1.54, 1.807) is 42.5 Å². The van der Waals surface area contributed by atoms with Crippen LogP contribution in [-0.4, -0.2) is 95.3 Å². The SMILES string of the molecule is Cc1ccc(S(=O)(=O)N2CCOCC2)cc1-c1ccc(C[C@H](NC(=O)C2CCC(CNC(=O)O)CC2)C(=O)Nc2ccc(-c3nn[nH]n3)cc2)cc1. The predicted molar refractivity (Wildman–Crippen MR) is 192 cm³/mol. The number of aromatic amines is 1.